The molecule has 13 heavy (non-hydrogen) atoms. The van der Waals surface area contributed by atoms with E-state index in [0.717, 1.165) is 12.8 Å². The molecule has 1 spiro atoms. The number of Topliss-reactive ketones (excluding diaryl/α,β-unsaturated/α-hetero) is 1. The highest BCUT2D eigenvalue weighted by atomic mass is 32.2. The highest BCUT2D eigenvalue weighted by Gasteiger charge is 2.55. The number of hydrogen-bond donors (Lipinski definition) is 0. The molecule has 0 atom stereocenters. The quantitative estimate of drug-likeness (QED) is 0.563. The van der Waals surface area contributed by atoms with Crippen LogP contribution in [0.2, 0.25) is 0 Å². The van der Waals surface area contributed by atoms with Crippen molar-refractivity contribution in [2.24, 2.45) is 0 Å². The van der Waals surface area contributed by atoms with Crippen LogP contribution in [0.1, 0.15) is 25.7 Å². The predicted octanol–water partition coefficient (Wildman–Crippen LogP) is 0.144. The molecule has 0 amide bonds. The lowest BCUT2D eigenvalue weighted by Crippen LogP contribution is -2.44. The van der Waals surface area contributed by atoms with E-state index < -0.39 is 15.6 Å². The summed E-state index contributed by atoms with van der Waals surface area (Å²) in [6.45, 7) is 0. The van der Waals surface area contributed by atoms with Crippen molar-refractivity contribution in [2.45, 2.75) is 31.2 Å². The first-order valence-electron chi connectivity index (χ1n) is 4.49. The van der Waals surface area contributed by atoms with E-state index in [4.69, 9.17) is 0 Å². The Labute approximate surface area is 78.0 Å². The minimum absolute atomic E-state index is 0.104. The SMILES string of the molecule is CN1C2(CCCC2)C(=O)CS1(=O)=O. The molecule has 4 nitrogen and oxygen atoms in total. The average molecular weight is 203 g/mol. The molecule has 2 aliphatic rings. The average Bonchev–Trinajstić information content (AvgIpc) is 2.55. The van der Waals surface area contributed by atoms with Gasteiger partial charge in [-0.1, -0.05) is 12.8 Å². The molecule has 2 rings (SSSR count). The Morgan fingerprint density at radius 3 is 2.23 bits per heavy atom. The predicted molar refractivity (Wildman–Crippen MR) is 47.8 cm³/mol. The molecule has 1 saturated carbocycles. The monoisotopic (exact) mass is 203 g/mol. The fraction of sp³-hybridized carbons (Fsp3) is 0.875. The number of carbonyl (C=O) groups is 1. The van der Waals surface area contributed by atoms with Gasteiger partial charge in [0.2, 0.25) is 10.0 Å². The lowest BCUT2D eigenvalue weighted by Gasteiger charge is -2.27. The maximum absolute atomic E-state index is 11.6. The summed E-state index contributed by atoms with van der Waals surface area (Å²) in [5.41, 5.74) is -0.654. The third kappa shape index (κ3) is 1.07. The van der Waals surface area contributed by atoms with Crippen LogP contribution in [-0.4, -0.2) is 36.8 Å². The van der Waals surface area contributed by atoms with Crippen molar-refractivity contribution in [3.8, 4) is 0 Å². The maximum atomic E-state index is 11.6. The van der Waals surface area contributed by atoms with Crippen LogP contribution in [-0.2, 0) is 14.8 Å². The molecule has 5 heteroatoms. The summed E-state index contributed by atoms with van der Waals surface area (Å²) in [4.78, 5) is 11.6. The molecule has 1 aliphatic heterocycles. The second-order valence-corrected chi connectivity index (χ2v) is 5.89. The Bertz CT molecular complexity index is 340. The highest BCUT2D eigenvalue weighted by Crippen LogP contribution is 2.41. The van der Waals surface area contributed by atoms with Gasteiger partial charge in [-0.15, -0.1) is 0 Å². The summed E-state index contributed by atoms with van der Waals surface area (Å²) in [6.07, 6.45) is 3.35. The van der Waals surface area contributed by atoms with Crippen LogP contribution < -0.4 is 0 Å². The van der Waals surface area contributed by atoms with Gasteiger partial charge in [-0.2, -0.15) is 4.31 Å². The molecular formula is C8H13NO3S. The summed E-state index contributed by atoms with van der Waals surface area (Å²) >= 11 is 0. The van der Waals surface area contributed by atoms with Crippen molar-refractivity contribution in [1.82, 2.24) is 4.31 Å². The Balaban J connectivity index is 2.45. The summed E-state index contributed by atoms with van der Waals surface area (Å²) in [7, 11) is -1.75. The van der Waals surface area contributed by atoms with Crippen LogP contribution in [0.5, 0.6) is 0 Å². The summed E-state index contributed by atoms with van der Waals surface area (Å²) in [5, 5.41) is 0. The van der Waals surface area contributed by atoms with Gasteiger partial charge >= 0.3 is 0 Å². The molecule has 1 heterocycles. The fourth-order valence-corrected chi connectivity index (χ4v) is 4.00. The first-order valence-corrected chi connectivity index (χ1v) is 6.10. The third-order valence-electron chi connectivity index (χ3n) is 3.28. The van der Waals surface area contributed by atoms with Crippen LogP contribution in [0.25, 0.3) is 0 Å². The Hall–Kier alpha value is -0.420. The second-order valence-electron chi connectivity index (χ2n) is 3.89. The molecule has 0 aromatic heterocycles. The van der Waals surface area contributed by atoms with Crippen LogP contribution in [0.3, 0.4) is 0 Å². The van der Waals surface area contributed by atoms with E-state index in [2.05, 4.69) is 0 Å². The summed E-state index contributed by atoms with van der Waals surface area (Å²) in [5.74, 6) is -0.392. The van der Waals surface area contributed by atoms with Gasteiger partial charge in [0.15, 0.2) is 5.78 Å². The molecule has 1 aliphatic carbocycles. The van der Waals surface area contributed by atoms with Gasteiger partial charge in [-0.3, -0.25) is 4.79 Å². The first-order chi connectivity index (χ1) is 5.99. The largest absolute Gasteiger partial charge is 0.296 e. The van der Waals surface area contributed by atoms with E-state index in [-0.39, 0.29) is 11.5 Å². The standard InChI is InChI=1S/C8H13NO3S/c1-9-8(4-2-3-5-8)7(10)6-13(9,11)12/h2-6H2,1H3. The van der Waals surface area contributed by atoms with Crippen LogP contribution in [0.15, 0.2) is 0 Å². The lowest BCUT2D eigenvalue weighted by molar-refractivity contribution is -0.123. The van der Waals surface area contributed by atoms with E-state index in [0.29, 0.717) is 12.8 Å². The molecule has 0 bridgehead atoms. The van der Waals surface area contributed by atoms with Gasteiger partial charge in [0, 0.05) is 7.05 Å². The minimum Gasteiger partial charge on any atom is -0.296 e. The first kappa shape index (κ1) is 9.15. The topological polar surface area (TPSA) is 54.5 Å². The van der Waals surface area contributed by atoms with Crippen LogP contribution in [0.4, 0.5) is 0 Å². The maximum Gasteiger partial charge on any atom is 0.221 e. The zero-order valence-electron chi connectivity index (χ0n) is 7.62. The van der Waals surface area contributed by atoms with Crippen molar-refractivity contribution in [1.29, 1.82) is 0 Å². The minimum atomic E-state index is -3.28. The van der Waals surface area contributed by atoms with E-state index in [9.17, 15) is 13.2 Å². The van der Waals surface area contributed by atoms with Gasteiger partial charge in [-0.25, -0.2) is 8.42 Å². The molecule has 2 fully saturated rings. The summed E-state index contributed by atoms with van der Waals surface area (Å²) < 4.78 is 24.2. The molecule has 1 saturated heterocycles. The smallest absolute Gasteiger partial charge is 0.221 e. The van der Waals surface area contributed by atoms with Crippen molar-refractivity contribution in [3.05, 3.63) is 0 Å². The Morgan fingerprint density at radius 2 is 1.85 bits per heavy atom. The van der Waals surface area contributed by atoms with Gasteiger partial charge in [0.1, 0.15) is 5.75 Å². The molecule has 0 aromatic carbocycles. The zero-order valence-corrected chi connectivity index (χ0v) is 8.43. The number of sulfonamides is 1. The lowest BCUT2D eigenvalue weighted by atomic mass is 9.93. The van der Waals surface area contributed by atoms with E-state index in [1.807, 2.05) is 0 Å². The number of rotatable bonds is 0. The third-order valence-corrected chi connectivity index (χ3v) is 5.09. The summed E-state index contributed by atoms with van der Waals surface area (Å²) in [6, 6.07) is 0. The number of nitrogens with zero attached hydrogens (tertiary/aromatic N) is 1. The Morgan fingerprint density at radius 1 is 1.31 bits per heavy atom. The van der Waals surface area contributed by atoms with Gasteiger partial charge in [-0.05, 0) is 12.8 Å². The fourth-order valence-electron chi connectivity index (χ4n) is 2.39. The van der Waals surface area contributed by atoms with Gasteiger partial charge in [0.05, 0.1) is 5.54 Å². The number of ketones is 1. The molecule has 74 valence electrons. The van der Waals surface area contributed by atoms with Crippen molar-refractivity contribution in [3.63, 3.8) is 0 Å². The number of carbonyl (C=O) groups excluding carboxylic acids is 1. The van der Waals surface area contributed by atoms with Crippen LogP contribution >= 0.6 is 0 Å². The zero-order chi connectivity index (χ0) is 9.69. The number of likely N-dealkylation sites (N-methyl/N-ethyl adjacent to an activating group) is 1. The normalized spacial score (nSPS) is 31.6. The second kappa shape index (κ2) is 2.54. The van der Waals surface area contributed by atoms with Crippen LogP contribution in [0, 0.1) is 0 Å². The van der Waals surface area contributed by atoms with Gasteiger partial charge < -0.3 is 0 Å². The molecule has 0 unspecified atom stereocenters. The van der Waals surface area contributed by atoms with E-state index in [1.165, 1.54) is 11.4 Å². The van der Waals surface area contributed by atoms with Crippen molar-refractivity contribution < 1.29 is 13.2 Å². The van der Waals surface area contributed by atoms with E-state index >= 15 is 0 Å². The molecule has 0 aromatic rings. The van der Waals surface area contributed by atoms with Gasteiger partial charge in [0.25, 0.3) is 0 Å². The van der Waals surface area contributed by atoms with Crippen molar-refractivity contribution in [2.75, 3.05) is 12.8 Å². The van der Waals surface area contributed by atoms with Crippen molar-refractivity contribution >= 4 is 15.8 Å². The molecule has 0 radical (unpaired) electrons. The van der Waals surface area contributed by atoms with E-state index in [1.54, 1.807) is 0 Å². The molecule has 0 N–H and O–H groups in total. The number of hydrogen-bond acceptors (Lipinski definition) is 3. The molecular weight excluding hydrogens is 190 g/mol. The Kier molecular flexibility index (Phi) is 1.79. The highest BCUT2D eigenvalue weighted by molar-refractivity contribution is 7.90.